The molecule has 6 heteroatoms. The third-order valence-corrected chi connectivity index (χ3v) is 2.43. The minimum atomic E-state index is -1.27. The Balaban J connectivity index is 3.03. The van der Waals surface area contributed by atoms with Gasteiger partial charge in [0.25, 0.3) is 5.91 Å². The predicted molar refractivity (Wildman–Crippen MR) is 61.0 cm³/mol. The van der Waals surface area contributed by atoms with Crippen molar-refractivity contribution in [3.63, 3.8) is 0 Å². The van der Waals surface area contributed by atoms with E-state index in [4.69, 9.17) is 5.11 Å². The monoisotopic (exact) mass is 255 g/mol. The summed E-state index contributed by atoms with van der Waals surface area (Å²) in [6.07, 6.45) is 0. The zero-order valence-electron chi connectivity index (χ0n) is 9.75. The molecule has 1 aromatic rings. The van der Waals surface area contributed by atoms with Gasteiger partial charge in [0, 0.05) is 11.1 Å². The Labute approximate surface area is 102 Å². The molecule has 0 aliphatic carbocycles. The lowest BCUT2D eigenvalue weighted by molar-refractivity contribution is -0.133. The molecule has 0 aromatic heterocycles. The van der Waals surface area contributed by atoms with Gasteiger partial charge in [0.1, 0.15) is 17.3 Å². The number of amides is 1. The van der Waals surface area contributed by atoms with Gasteiger partial charge in [0.15, 0.2) is 0 Å². The van der Waals surface area contributed by atoms with Crippen LogP contribution in [0.4, 0.5) is 14.5 Å². The number of hydrogen-bond acceptors (Lipinski definition) is 2. The van der Waals surface area contributed by atoms with Crippen LogP contribution >= 0.6 is 0 Å². The molecular weight excluding hydrogens is 244 g/mol. The molecule has 0 atom stereocenters. The Bertz CT molecular complexity index is 518. The Morgan fingerprint density at radius 3 is 2.06 bits per heavy atom. The second-order valence-electron chi connectivity index (χ2n) is 3.61. The number of aliphatic carboxylic acids is 1. The van der Waals surface area contributed by atoms with E-state index in [1.165, 1.54) is 13.8 Å². The summed E-state index contributed by atoms with van der Waals surface area (Å²) >= 11 is 0. The average molecular weight is 255 g/mol. The van der Waals surface area contributed by atoms with Crippen molar-refractivity contribution in [2.75, 3.05) is 5.32 Å². The summed E-state index contributed by atoms with van der Waals surface area (Å²) in [7, 11) is 0. The molecule has 1 aromatic carbocycles. The molecule has 18 heavy (non-hydrogen) atoms. The molecular formula is C12H11F2NO3. The minimum absolute atomic E-state index is 0.120. The predicted octanol–water partition coefficient (Wildman–Crippen LogP) is 2.32. The van der Waals surface area contributed by atoms with Gasteiger partial charge in [-0.1, -0.05) is 6.07 Å². The fourth-order valence-electron chi connectivity index (χ4n) is 1.16. The topological polar surface area (TPSA) is 66.4 Å². The van der Waals surface area contributed by atoms with Gasteiger partial charge >= 0.3 is 5.97 Å². The quantitative estimate of drug-likeness (QED) is 0.814. The molecule has 0 bridgehead atoms. The fraction of sp³-hybridized carbons (Fsp3) is 0.167. The van der Waals surface area contributed by atoms with E-state index in [1.807, 2.05) is 5.32 Å². The van der Waals surface area contributed by atoms with E-state index in [9.17, 15) is 18.4 Å². The number of rotatable bonds is 3. The molecule has 0 heterocycles. The number of carbonyl (C=O) groups excluding carboxylic acids is 1. The van der Waals surface area contributed by atoms with Gasteiger partial charge in [-0.25, -0.2) is 13.6 Å². The lowest BCUT2D eigenvalue weighted by atomic mass is 10.1. The summed E-state index contributed by atoms with van der Waals surface area (Å²) in [5.74, 6) is -3.98. The van der Waals surface area contributed by atoms with Gasteiger partial charge in [-0.15, -0.1) is 0 Å². The SMILES string of the molecule is CC(C(=O)O)=C(C)C(=O)Nc1c(F)cccc1F. The molecule has 1 amide bonds. The van der Waals surface area contributed by atoms with E-state index in [0.717, 1.165) is 18.2 Å². The van der Waals surface area contributed by atoms with E-state index in [2.05, 4.69) is 0 Å². The van der Waals surface area contributed by atoms with Crippen molar-refractivity contribution in [3.05, 3.63) is 41.0 Å². The smallest absolute Gasteiger partial charge is 0.331 e. The van der Waals surface area contributed by atoms with Crippen LogP contribution in [-0.4, -0.2) is 17.0 Å². The molecule has 4 nitrogen and oxygen atoms in total. The lowest BCUT2D eigenvalue weighted by Gasteiger charge is -2.08. The minimum Gasteiger partial charge on any atom is -0.478 e. The van der Waals surface area contributed by atoms with Crippen molar-refractivity contribution in [3.8, 4) is 0 Å². The summed E-state index contributed by atoms with van der Waals surface area (Å²) in [4.78, 5) is 22.2. The molecule has 0 aliphatic heterocycles. The van der Waals surface area contributed by atoms with Crippen LogP contribution in [0.15, 0.2) is 29.3 Å². The Morgan fingerprint density at radius 2 is 1.61 bits per heavy atom. The number of carbonyl (C=O) groups is 2. The van der Waals surface area contributed by atoms with Gasteiger partial charge in [0.05, 0.1) is 0 Å². The molecule has 2 N–H and O–H groups in total. The maximum Gasteiger partial charge on any atom is 0.331 e. The molecule has 0 fully saturated rings. The Morgan fingerprint density at radius 1 is 1.11 bits per heavy atom. The van der Waals surface area contributed by atoms with E-state index in [0.29, 0.717) is 0 Å². The van der Waals surface area contributed by atoms with Crippen LogP contribution in [0, 0.1) is 11.6 Å². The van der Waals surface area contributed by atoms with Crippen LogP contribution in [0.2, 0.25) is 0 Å². The third-order valence-electron chi connectivity index (χ3n) is 2.43. The first kappa shape index (κ1) is 13.8. The van der Waals surface area contributed by atoms with E-state index in [1.54, 1.807) is 0 Å². The van der Waals surface area contributed by atoms with E-state index < -0.39 is 29.2 Å². The number of anilines is 1. The van der Waals surface area contributed by atoms with Crippen LogP contribution in [0.5, 0.6) is 0 Å². The normalized spacial score (nSPS) is 11.8. The molecule has 0 spiro atoms. The highest BCUT2D eigenvalue weighted by Crippen LogP contribution is 2.19. The summed E-state index contributed by atoms with van der Waals surface area (Å²) in [6.45, 7) is 2.49. The Kier molecular flexibility index (Phi) is 4.14. The number of nitrogens with one attached hydrogen (secondary N) is 1. The number of para-hydroxylation sites is 1. The standard InChI is InChI=1S/C12H11F2NO3/c1-6(7(2)12(17)18)11(16)15-10-8(13)4-3-5-9(10)14/h3-5H,1-2H3,(H,15,16)(H,17,18). The maximum absolute atomic E-state index is 13.2. The third kappa shape index (κ3) is 2.91. The van der Waals surface area contributed by atoms with Gasteiger partial charge in [0.2, 0.25) is 0 Å². The molecule has 1 rings (SSSR count). The summed E-state index contributed by atoms with van der Waals surface area (Å²) in [5, 5.41) is 10.7. The largest absolute Gasteiger partial charge is 0.478 e. The van der Waals surface area contributed by atoms with Crippen LogP contribution in [0.3, 0.4) is 0 Å². The second-order valence-corrected chi connectivity index (χ2v) is 3.61. The van der Waals surface area contributed by atoms with Gasteiger partial charge in [-0.3, -0.25) is 4.79 Å². The highest BCUT2D eigenvalue weighted by atomic mass is 19.1. The molecule has 0 unspecified atom stereocenters. The molecule has 0 saturated heterocycles. The van der Waals surface area contributed by atoms with Crippen LogP contribution in [0.1, 0.15) is 13.8 Å². The van der Waals surface area contributed by atoms with E-state index >= 15 is 0 Å². The highest BCUT2D eigenvalue weighted by Gasteiger charge is 2.16. The first-order chi connectivity index (χ1) is 8.34. The molecule has 0 aliphatic rings. The van der Waals surface area contributed by atoms with Crippen molar-refractivity contribution in [1.29, 1.82) is 0 Å². The van der Waals surface area contributed by atoms with Crippen molar-refractivity contribution in [2.24, 2.45) is 0 Å². The summed E-state index contributed by atoms with van der Waals surface area (Å²) < 4.78 is 26.5. The number of carboxylic acid groups (broad SMARTS) is 1. The van der Waals surface area contributed by atoms with Crippen LogP contribution in [0.25, 0.3) is 0 Å². The number of hydrogen-bond donors (Lipinski definition) is 2. The van der Waals surface area contributed by atoms with E-state index in [-0.39, 0.29) is 11.1 Å². The first-order valence-corrected chi connectivity index (χ1v) is 5.00. The molecule has 96 valence electrons. The molecule has 0 radical (unpaired) electrons. The van der Waals surface area contributed by atoms with Gasteiger partial charge in [-0.05, 0) is 26.0 Å². The van der Waals surface area contributed by atoms with Crippen molar-refractivity contribution >= 4 is 17.6 Å². The fourth-order valence-corrected chi connectivity index (χ4v) is 1.16. The number of halogens is 2. The number of benzene rings is 1. The zero-order valence-corrected chi connectivity index (χ0v) is 9.75. The maximum atomic E-state index is 13.2. The lowest BCUT2D eigenvalue weighted by Crippen LogP contribution is -2.17. The zero-order chi connectivity index (χ0) is 13.9. The Hall–Kier alpha value is -2.24. The van der Waals surface area contributed by atoms with Crippen molar-refractivity contribution in [2.45, 2.75) is 13.8 Å². The number of carboxylic acids is 1. The summed E-state index contributed by atoms with van der Waals surface area (Å²) in [6, 6.07) is 3.13. The average Bonchev–Trinajstić information content (AvgIpc) is 2.31. The van der Waals surface area contributed by atoms with Crippen molar-refractivity contribution < 1.29 is 23.5 Å². The second kappa shape index (κ2) is 5.39. The van der Waals surface area contributed by atoms with Crippen molar-refractivity contribution in [1.82, 2.24) is 0 Å². The van der Waals surface area contributed by atoms with Gasteiger partial charge in [-0.2, -0.15) is 0 Å². The van der Waals surface area contributed by atoms with Gasteiger partial charge < -0.3 is 10.4 Å². The van der Waals surface area contributed by atoms with Crippen LogP contribution in [-0.2, 0) is 9.59 Å². The summed E-state index contributed by atoms with van der Waals surface area (Å²) in [5.41, 5.74) is -0.908. The first-order valence-electron chi connectivity index (χ1n) is 5.00. The van der Waals surface area contributed by atoms with Crippen LogP contribution < -0.4 is 5.32 Å². The molecule has 0 saturated carbocycles. The highest BCUT2D eigenvalue weighted by molar-refractivity contribution is 6.08.